The molecule has 2 heteroatoms. The highest BCUT2D eigenvalue weighted by atomic mass is 15.2. The van der Waals surface area contributed by atoms with Crippen molar-refractivity contribution in [3.63, 3.8) is 0 Å². The highest BCUT2D eigenvalue weighted by molar-refractivity contribution is 4.92. The number of nitrogens with two attached hydrogens (primary N) is 1. The normalized spacial score (nSPS) is 31.5. The van der Waals surface area contributed by atoms with Crippen LogP contribution in [0.4, 0.5) is 0 Å². The van der Waals surface area contributed by atoms with Crippen LogP contribution in [-0.2, 0) is 0 Å². The molecule has 0 aromatic rings. The summed E-state index contributed by atoms with van der Waals surface area (Å²) in [4.78, 5) is 2.39. The minimum Gasteiger partial charge on any atom is -0.326 e. The fraction of sp³-hybridized carbons (Fsp3) is 0.692. The van der Waals surface area contributed by atoms with E-state index in [9.17, 15) is 0 Å². The Kier molecular flexibility index (Phi) is 5.06. The Morgan fingerprint density at radius 1 is 1.27 bits per heavy atom. The van der Waals surface area contributed by atoms with Gasteiger partial charge in [0, 0.05) is 25.2 Å². The van der Waals surface area contributed by atoms with Crippen molar-refractivity contribution in [2.75, 3.05) is 13.1 Å². The fourth-order valence-electron chi connectivity index (χ4n) is 2.47. The molecule has 1 fully saturated rings. The molecule has 3 unspecified atom stereocenters. The molecule has 1 aliphatic carbocycles. The molecular formula is C13H24N2. The van der Waals surface area contributed by atoms with Gasteiger partial charge in [0.05, 0.1) is 0 Å². The van der Waals surface area contributed by atoms with Crippen molar-refractivity contribution in [2.24, 2.45) is 11.7 Å². The van der Waals surface area contributed by atoms with E-state index < -0.39 is 0 Å². The van der Waals surface area contributed by atoms with Crippen molar-refractivity contribution in [1.29, 1.82) is 0 Å². The second-order valence-corrected chi connectivity index (χ2v) is 4.68. The van der Waals surface area contributed by atoms with Crippen LogP contribution < -0.4 is 5.73 Å². The van der Waals surface area contributed by atoms with Crippen LogP contribution in [0.15, 0.2) is 25.3 Å². The molecule has 0 amide bonds. The van der Waals surface area contributed by atoms with Crippen LogP contribution in [0.3, 0.4) is 0 Å². The summed E-state index contributed by atoms with van der Waals surface area (Å²) in [6, 6.07) is 0.825. The quantitative estimate of drug-likeness (QED) is 0.702. The molecule has 0 heterocycles. The highest BCUT2D eigenvalue weighted by Gasteiger charge is 2.29. The maximum Gasteiger partial charge on any atom is 0.0256 e. The second kappa shape index (κ2) is 6.09. The van der Waals surface area contributed by atoms with Crippen molar-refractivity contribution in [3.05, 3.63) is 25.3 Å². The summed E-state index contributed by atoms with van der Waals surface area (Å²) in [6.45, 7) is 11.8. The zero-order valence-electron chi connectivity index (χ0n) is 9.86. The minimum atomic E-state index is 0.320. The predicted octanol–water partition coefficient (Wildman–Crippen LogP) is 2.18. The summed E-state index contributed by atoms with van der Waals surface area (Å²) >= 11 is 0. The van der Waals surface area contributed by atoms with E-state index >= 15 is 0 Å². The summed E-state index contributed by atoms with van der Waals surface area (Å²) in [7, 11) is 0. The van der Waals surface area contributed by atoms with Crippen LogP contribution in [0, 0.1) is 5.92 Å². The third-order valence-corrected chi connectivity index (χ3v) is 3.33. The van der Waals surface area contributed by atoms with E-state index in [1.807, 2.05) is 12.2 Å². The van der Waals surface area contributed by atoms with Gasteiger partial charge in [-0.05, 0) is 25.2 Å². The van der Waals surface area contributed by atoms with Gasteiger partial charge in [-0.25, -0.2) is 0 Å². The van der Waals surface area contributed by atoms with E-state index in [-0.39, 0.29) is 0 Å². The molecule has 0 aromatic heterocycles. The standard InChI is InChI=1S/C13H24N2/c1-4-8-15(9-5-2)13-10-11(3)6-7-12(13)14/h4-5,11-13H,1-2,6-10,14H2,3H3. The summed E-state index contributed by atoms with van der Waals surface area (Å²) in [5.74, 6) is 0.798. The van der Waals surface area contributed by atoms with E-state index in [1.54, 1.807) is 0 Å². The molecule has 0 saturated heterocycles. The maximum atomic E-state index is 6.19. The van der Waals surface area contributed by atoms with Gasteiger partial charge in [0.1, 0.15) is 0 Å². The fourth-order valence-corrected chi connectivity index (χ4v) is 2.47. The highest BCUT2D eigenvalue weighted by Crippen LogP contribution is 2.26. The molecule has 15 heavy (non-hydrogen) atoms. The number of rotatable bonds is 5. The lowest BCUT2D eigenvalue weighted by Crippen LogP contribution is -2.51. The topological polar surface area (TPSA) is 29.3 Å². The first-order valence-electron chi connectivity index (χ1n) is 5.90. The van der Waals surface area contributed by atoms with Crippen LogP contribution in [0.5, 0.6) is 0 Å². The number of hydrogen-bond acceptors (Lipinski definition) is 2. The molecule has 86 valence electrons. The van der Waals surface area contributed by atoms with Gasteiger partial charge >= 0.3 is 0 Å². The van der Waals surface area contributed by atoms with Crippen molar-refractivity contribution < 1.29 is 0 Å². The molecule has 1 rings (SSSR count). The van der Waals surface area contributed by atoms with Crippen LogP contribution in [-0.4, -0.2) is 30.1 Å². The third kappa shape index (κ3) is 3.47. The molecule has 0 radical (unpaired) electrons. The monoisotopic (exact) mass is 208 g/mol. The predicted molar refractivity (Wildman–Crippen MR) is 66.7 cm³/mol. The van der Waals surface area contributed by atoms with E-state index in [4.69, 9.17) is 5.73 Å². The molecule has 3 atom stereocenters. The van der Waals surface area contributed by atoms with Crippen molar-refractivity contribution in [1.82, 2.24) is 4.90 Å². The Morgan fingerprint density at radius 2 is 1.87 bits per heavy atom. The average molecular weight is 208 g/mol. The van der Waals surface area contributed by atoms with Crippen molar-refractivity contribution in [3.8, 4) is 0 Å². The lowest BCUT2D eigenvalue weighted by atomic mass is 9.83. The van der Waals surface area contributed by atoms with E-state index in [2.05, 4.69) is 25.0 Å². The first-order chi connectivity index (χ1) is 7.19. The molecule has 0 bridgehead atoms. The number of nitrogens with zero attached hydrogens (tertiary/aromatic N) is 1. The van der Waals surface area contributed by atoms with E-state index in [0.717, 1.165) is 25.4 Å². The summed E-state index contributed by atoms with van der Waals surface area (Å²) < 4.78 is 0. The summed E-state index contributed by atoms with van der Waals surface area (Å²) in [5.41, 5.74) is 6.19. The average Bonchev–Trinajstić information content (AvgIpc) is 2.21. The maximum absolute atomic E-state index is 6.19. The lowest BCUT2D eigenvalue weighted by molar-refractivity contribution is 0.140. The Bertz CT molecular complexity index is 203. The Hall–Kier alpha value is -0.600. The van der Waals surface area contributed by atoms with E-state index in [1.165, 1.54) is 12.8 Å². The smallest absolute Gasteiger partial charge is 0.0256 e. The lowest BCUT2D eigenvalue weighted by Gasteiger charge is -2.39. The Morgan fingerprint density at radius 3 is 2.40 bits per heavy atom. The van der Waals surface area contributed by atoms with Crippen LogP contribution >= 0.6 is 0 Å². The molecule has 2 nitrogen and oxygen atoms in total. The molecule has 1 aliphatic rings. The summed E-state index contributed by atoms with van der Waals surface area (Å²) in [5, 5.41) is 0. The van der Waals surface area contributed by atoms with Crippen LogP contribution in [0.1, 0.15) is 26.2 Å². The van der Waals surface area contributed by atoms with Gasteiger partial charge < -0.3 is 5.73 Å². The van der Waals surface area contributed by atoms with Crippen molar-refractivity contribution in [2.45, 2.75) is 38.3 Å². The zero-order valence-corrected chi connectivity index (χ0v) is 9.86. The number of hydrogen-bond donors (Lipinski definition) is 1. The molecule has 0 aliphatic heterocycles. The Balaban J connectivity index is 2.61. The molecule has 1 saturated carbocycles. The van der Waals surface area contributed by atoms with Gasteiger partial charge in [-0.1, -0.05) is 19.1 Å². The van der Waals surface area contributed by atoms with Gasteiger partial charge in [0.25, 0.3) is 0 Å². The SMILES string of the molecule is C=CCN(CC=C)C1CC(C)CCC1N. The molecule has 0 spiro atoms. The van der Waals surface area contributed by atoms with Crippen LogP contribution in [0.25, 0.3) is 0 Å². The largest absolute Gasteiger partial charge is 0.326 e. The van der Waals surface area contributed by atoms with Crippen molar-refractivity contribution >= 4 is 0 Å². The van der Waals surface area contributed by atoms with Gasteiger partial charge in [0.2, 0.25) is 0 Å². The van der Waals surface area contributed by atoms with Gasteiger partial charge in [-0.3, -0.25) is 4.90 Å². The molecular weight excluding hydrogens is 184 g/mol. The Labute approximate surface area is 93.8 Å². The minimum absolute atomic E-state index is 0.320. The molecule has 2 N–H and O–H groups in total. The van der Waals surface area contributed by atoms with Gasteiger partial charge in [0.15, 0.2) is 0 Å². The zero-order chi connectivity index (χ0) is 11.3. The second-order valence-electron chi connectivity index (χ2n) is 4.68. The first-order valence-corrected chi connectivity index (χ1v) is 5.90. The molecule has 0 aromatic carbocycles. The third-order valence-electron chi connectivity index (χ3n) is 3.33. The van der Waals surface area contributed by atoms with Gasteiger partial charge in [-0.15, -0.1) is 13.2 Å². The first kappa shape index (κ1) is 12.5. The van der Waals surface area contributed by atoms with Gasteiger partial charge in [-0.2, -0.15) is 0 Å². The summed E-state index contributed by atoms with van der Waals surface area (Å²) in [6.07, 6.45) is 7.54. The van der Waals surface area contributed by atoms with E-state index in [0.29, 0.717) is 12.1 Å². The van der Waals surface area contributed by atoms with Crippen LogP contribution in [0.2, 0.25) is 0 Å².